The van der Waals surface area contributed by atoms with E-state index in [2.05, 4.69) is 11.7 Å². The zero-order valence-electron chi connectivity index (χ0n) is 10.8. The lowest BCUT2D eigenvalue weighted by molar-refractivity contribution is 0.0950. The van der Waals surface area contributed by atoms with Crippen molar-refractivity contribution in [2.45, 2.75) is 19.0 Å². The van der Waals surface area contributed by atoms with Crippen molar-refractivity contribution in [1.82, 2.24) is 14.7 Å². The van der Waals surface area contributed by atoms with Crippen LogP contribution in [0.5, 0.6) is 0 Å². The quantitative estimate of drug-likeness (QED) is 0.597. The van der Waals surface area contributed by atoms with Crippen molar-refractivity contribution in [2.75, 3.05) is 20.6 Å². The number of aromatic nitrogens is 2. The Morgan fingerprint density at radius 2 is 2.39 bits per heavy atom. The Hall–Kier alpha value is -1.17. The number of nitrogens with zero attached hydrogens (tertiary/aromatic N) is 3. The predicted molar refractivity (Wildman–Crippen MR) is 72.9 cm³/mol. The second kappa shape index (κ2) is 6.68. The molecule has 0 bridgehead atoms. The van der Waals surface area contributed by atoms with Crippen LogP contribution in [0.4, 0.5) is 0 Å². The normalized spacial score (nSPS) is 12.7. The highest BCUT2D eigenvalue weighted by atomic mass is 35.5. The molecule has 1 aromatic rings. The van der Waals surface area contributed by atoms with E-state index in [1.807, 2.05) is 19.0 Å². The van der Waals surface area contributed by atoms with Gasteiger partial charge in [0.1, 0.15) is 5.69 Å². The average Bonchev–Trinajstić information content (AvgIpc) is 2.67. The maximum Gasteiger partial charge on any atom is 0.199 e. The number of ketones is 1. The smallest absolute Gasteiger partial charge is 0.199 e. The van der Waals surface area contributed by atoms with E-state index in [9.17, 15) is 4.79 Å². The summed E-state index contributed by atoms with van der Waals surface area (Å²) in [5.41, 5.74) is 6.16. The van der Waals surface area contributed by atoms with Gasteiger partial charge in [-0.15, -0.1) is 6.58 Å². The third-order valence-corrected chi connectivity index (χ3v) is 2.82. The molecule has 1 aromatic heterocycles. The van der Waals surface area contributed by atoms with Crippen molar-refractivity contribution in [3.05, 3.63) is 29.6 Å². The van der Waals surface area contributed by atoms with E-state index in [0.29, 0.717) is 23.7 Å². The first-order valence-corrected chi connectivity index (χ1v) is 6.12. The molecule has 0 aliphatic rings. The summed E-state index contributed by atoms with van der Waals surface area (Å²) < 4.78 is 1.60. The molecule has 1 heterocycles. The van der Waals surface area contributed by atoms with Gasteiger partial charge in [0.25, 0.3) is 0 Å². The van der Waals surface area contributed by atoms with Gasteiger partial charge < -0.3 is 10.6 Å². The van der Waals surface area contributed by atoms with Crippen LogP contribution in [-0.4, -0.2) is 47.1 Å². The predicted octanol–water partition coefficient (Wildman–Crippen LogP) is 1.18. The highest BCUT2D eigenvalue weighted by Gasteiger charge is 2.22. The fourth-order valence-corrected chi connectivity index (χ4v) is 1.77. The van der Waals surface area contributed by atoms with Crippen LogP contribution in [0, 0.1) is 0 Å². The zero-order valence-corrected chi connectivity index (χ0v) is 11.5. The fraction of sp³-hybridized carbons (Fsp3) is 0.500. The third-order valence-electron chi connectivity index (χ3n) is 2.54. The minimum atomic E-state index is -0.616. The number of Topliss-reactive ketones (excluding diaryl/α,β-unsaturated/α-hetero) is 1. The number of hydrogen-bond donors (Lipinski definition) is 1. The van der Waals surface area contributed by atoms with Gasteiger partial charge in [-0.3, -0.25) is 9.48 Å². The van der Waals surface area contributed by atoms with Crippen LogP contribution in [0.1, 0.15) is 16.9 Å². The molecular weight excluding hydrogens is 252 g/mol. The molecule has 18 heavy (non-hydrogen) atoms. The van der Waals surface area contributed by atoms with Crippen LogP contribution >= 0.6 is 11.6 Å². The molecule has 0 aliphatic carbocycles. The highest BCUT2D eigenvalue weighted by Crippen LogP contribution is 2.17. The van der Waals surface area contributed by atoms with Gasteiger partial charge in [0.15, 0.2) is 5.78 Å². The fourth-order valence-electron chi connectivity index (χ4n) is 1.53. The Morgan fingerprint density at radius 1 is 1.72 bits per heavy atom. The van der Waals surface area contributed by atoms with Crippen LogP contribution in [0.15, 0.2) is 18.9 Å². The van der Waals surface area contributed by atoms with Gasteiger partial charge in [0.2, 0.25) is 0 Å². The molecule has 0 aromatic carbocycles. The van der Waals surface area contributed by atoms with Crippen LogP contribution in [0.2, 0.25) is 5.02 Å². The van der Waals surface area contributed by atoms with Gasteiger partial charge in [0, 0.05) is 6.54 Å². The summed E-state index contributed by atoms with van der Waals surface area (Å²) in [4.78, 5) is 14.2. The van der Waals surface area contributed by atoms with E-state index in [0.717, 1.165) is 6.54 Å². The Bertz CT molecular complexity index is 428. The lowest BCUT2D eigenvalue weighted by atomic mass is 10.1. The van der Waals surface area contributed by atoms with E-state index in [1.54, 1.807) is 10.8 Å². The molecule has 1 atom stereocenters. The van der Waals surface area contributed by atoms with E-state index < -0.39 is 6.04 Å². The summed E-state index contributed by atoms with van der Waals surface area (Å²) in [6, 6.07) is -0.616. The maximum absolute atomic E-state index is 12.2. The molecule has 0 spiro atoms. The second-order valence-corrected chi connectivity index (χ2v) is 4.77. The molecule has 6 heteroatoms. The molecule has 0 saturated heterocycles. The minimum Gasteiger partial charge on any atom is -0.321 e. The van der Waals surface area contributed by atoms with Gasteiger partial charge >= 0.3 is 0 Å². The van der Waals surface area contributed by atoms with Crippen molar-refractivity contribution in [2.24, 2.45) is 5.73 Å². The van der Waals surface area contributed by atoms with E-state index >= 15 is 0 Å². The molecule has 1 rings (SSSR count). The Kier molecular flexibility index (Phi) is 5.53. The summed E-state index contributed by atoms with van der Waals surface area (Å²) in [7, 11) is 3.91. The molecule has 2 N–H and O–H groups in total. The number of hydrogen-bond acceptors (Lipinski definition) is 4. The first kappa shape index (κ1) is 14.9. The Morgan fingerprint density at radius 3 is 2.94 bits per heavy atom. The Balaban J connectivity index is 2.89. The molecule has 0 fully saturated rings. The molecule has 1 unspecified atom stereocenters. The van der Waals surface area contributed by atoms with Crippen molar-refractivity contribution >= 4 is 17.4 Å². The molecule has 0 radical (unpaired) electrons. The van der Waals surface area contributed by atoms with E-state index in [1.165, 1.54) is 6.20 Å². The Labute approximate surface area is 112 Å². The SMILES string of the molecule is C=CCC(N)C(=O)c1c(Cl)cnn1CCN(C)C. The first-order chi connectivity index (χ1) is 8.47. The standard InChI is InChI=1S/C12H19ClN4O/c1-4-5-10(14)12(18)11-9(13)8-15-17(11)7-6-16(2)3/h4,8,10H,1,5-7,14H2,2-3H3. The lowest BCUT2D eigenvalue weighted by Gasteiger charge is -2.13. The highest BCUT2D eigenvalue weighted by molar-refractivity contribution is 6.33. The number of likely N-dealkylation sites (N-methyl/N-ethyl adjacent to an activating group) is 1. The second-order valence-electron chi connectivity index (χ2n) is 4.36. The largest absolute Gasteiger partial charge is 0.321 e. The van der Waals surface area contributed by atoms with Crippen molar-refractivity contribution in [3.63, 3.8) is 0 Å². The van der Waals surface area contributed by atoms with Crippen molar-refractivity contribution in [1.29, 1.82) is 0 Å². The number of carbonyl (C=O) groups excluding carboxylic acids is 1. The summed E-state index contributed by atoms with van der Waals surface area (Å²) in [6.45, 7) is 4.95. The van der Waals surface area contributed by atoms with Crippen LogP contribution in [0.25, 0.3) is 0 Å². The monoisotopic (exact) mass is 270 g/mol. The number of nitrogens with two attached hydrogens (primary N) is 1. The average molecular weight is 271 g/mol. The summed E-state index contributed by atoms with van der Waals surface area (Å²) >= 11 is 6.00. The molecule has 0 saturated carbocycles. The summed E-state index contributed by atoms with van der Waals surface area (Å²) in [5.74, 6) is -0.198. The minimum absolute atomic E-state index is 0.198. The molecule has 0 amide bonds. The van der Waals surface area contributed by atoms with Crippen molar-refractivity contribution < 1.29 is 4.79 Å². The van der Waals surface area contributed by atoms with Crippen LogP contribution < -0.4 is 5.73 Å². The van der Waals surface area contributed by atoms with Crippen LogP contribution in [0.3, 0.4) is 0 Å². The molecule has 100 valence electrons. The number of halogens is 1. The molecular formula is C12H19ClN4O. The lowest BCUT2D eigenvalue weighted by Crippen LogP contribution is -2.32. The van der Waals surface area contributed by atoms with Gasteiger partial charge in [-0.2, -0.15) is 5.10 Å². The van der Waals surface area contributed by atoms with Gasteiger partial charge in [-0.25, -0.2) is 0 Å². The first-order valence-electron chi connectivity index (χ1n) is 5.74. The molecule has 5 nitrogen and oxygen atoms in total. The van der Waals surface area contributed by atoms with E-state index in [4.69, 9.17) is 17.3 Å². The summed E-state index contributed by atoms with van der Waals surface area (Å²) in [5, 5.41) is 4.45. The van der Waals surface area contributed by atoms with Gasteiger partial charge in [0.05, 0.1) is 23.8 Å². The van der Waals surface area contributed by atoms with E-state index in [-0.39, 0.29) is 5.78 Å². The van der Waals surface area contributed by atoms with Gasteiger partial charge in [-0.1, -0.05) is 17.7 Å². The third kappa shape index (κ3) is 3.66. The number of rotatable bonds is 7. The van der Waals surface area contributed by atoms with Crippen molar-refractivity contribution in [3.8, 4) is 0 Å². The van der Waals surface area contributed by atoms with Crippen LogP contribution in [-0.2, 0) is 6.54 Å². The maximum atomic E-state index is 12.2. The van der Waals surface area contributed by atoms with Gasteiger partial charge in [-0.05, 0) is 20.5 Å². The molecule has 0 aliphatic heterocycles. The summed E-state index contributed by atoms with van der Waals surface area (Å²) in [6.07, 6.45) is 3.52. The topological polar surface area (TPSA) is 64.2 Å². The zero-order chi connectivity index (χ0) is 13.7. The number of carbonyl (C=O) groups is 1.